The van der Waals surface area contributed by atoms with E-state index in [0.717, 1.165) is 30.4 Å². The molecule has 4 nitrogen and oxygen atoms in total. The lowest BCUT2D eigenvalue weighted by atomic mass is 10.0. The van der Waals surface area contributed by atoms with Crippen LogP contribution in [0, 0.1) is 12.7 Å². The van der Waals surface area contributed by atoms with Gasteiger partial charge in [-0.05, 0) is 30.5 Å². The number of amides is 1. The second-order valence-corrected chi connectivity index (χ2v) is 8.22. The normalized spacial score (nSPS) is 11.8. The molecule has 1 amide bonds. The maximum Gasteiger partial charge on any atom is 0.270 e. The summed E-state index contributed by atoms with van der Waals surface area (Å²) in [5.74, 6) is -0.0135. The van der Waals surface area contributed by atoms with Crippen molar-refractivity contribution in [2.75, 3.05) is 0 Å². The summed E-state index contributed by atoms with van der Waals surface area (Å²) in [4.78, 5) is 21.4. The van der Waals surface area contributed by atoms with Gasteiger partial charge in [0.1, 0.15) is 23.0 Å². The van der Waals surface area contributed by atoms with Crippen LogP contribution in [0.15, 0.2) is 78.9 Å². The van der Waals surface area contributed by atoms with Gasteiger partial charge >= 0.3 is 0 Å². The van der Waals surface area contributed by atoms with E-state index in [9.17, 15) is 9.18 Å². The molecular formula is C28H28FN3O. The summed E-state index contributed by atoms with van der Waals surface area (Å²) >= 11 is 0. The summed E-state index contributed by atoms with van der Waals surface area (Å²) in [6.07, 6.45) is 2.86. The Morgan fingerprint density at radius 3 is 2.36 bits per heavy atom. The molecule has 0 saturated heterocycles. The van der Waals surface area contributed by atoms with Gasteiger partial charge in [0.15, 0.2) is 0 Å². The Labute approximate surface area is 193 Å². The van der Waals surface area contributed by atoms with E-state index >= 15 is 0 Å². The van der Waals surface area contributed by atoms with E-state index < -0.39 is 0 Å². The number of hydrogen-bond donors (Lipinski definition) is 2. The molecule has 1 aromatic heterocycles. The number of nitrogens with zero attached hydrogens (tertiary/aromatic N) is 1. The van der Waals surface area contributed by atoms with Crippen molar-refractivity contribution in [3.8, 4) is 22.6 Å². The van der Waals surface area contributed by atoms with E-state index in [0.29, 0.717) is 28.3 Å². The third-order valence-corrected chi connectivity index (χ3v) is 5.78. The largest absolute Gasteiger partial charge is 0.344 e. The fraction of sp³-hybridized carbons (Fsp3) is 0.214. The minimum atomic E-state index is -0.326. The van der Waals surface area contributed by atoms with E-state index in [1.807, 2.05) is 60.7 Å². The van der Waals surface area contributed by atoms with Crippen LogP contribution < -0.4 is 5.32 Å². The van der Waals surface area contributed by atoms with Gasteiger partial charge in [0.25, 0.3) is 5.91 Å². The molecule has 0 spiro atoms. The Morgan fingerprint density at radius 2 is 1.70 bits per heavy atom. The molecule has 168 valence electrons. The molecule has 0 aliphatic heterocycles. The highest BCUT2D eigenvalue weighted by Crippen LogP contribution is 2.28. The number of imidazole rings is 1. The summed E-state index contributed by atoms with van der Waals surface area (Å²) in [6, 6.07) is 24.4. The first-order valence-corrected chi connectivity index (χ1v) is 11.3. The van der Waals surface area contributed by atoms with Gasteiger partial charge in [-0.2, -0.15) is 0 Å². The molecule has 0 radical (unpaired) electrons. The first-order valence-electron chi connectivity index (χ1n) is 11.3. The molecule has 4 rings (SSSR count). The number of rotatable bonds is 8. The van der Waals surface area contributed by atoms with Crippen molar-refractivity contribution in [3.05, 3.63) is 102 Å². The van der Waals surface area contributed by atoms with Gasteiger partial charge in [-0.3, -0.25) is 4.79 Å². The maximum atomic E-state index is 14.4. The number of aromatic amines is 1. The fourth-order valence-corrected chi connectivity index (χ4v) is 3.87. The Bertz CT molecular complexity index is 1220. The summed E-state index contributed by atoms with van der Waals surface area (Å²) < 4.78 is 14.4. The van der Waals surface area contributed by atoms with E-state index in [1.54, 1.807) is 19.1 Å². The van der Waals surface area contributed by atoms with E-state index in [1.165, 1.54) is 6.07 Å². The highest BCUT2D eigenvalue weighted by molar-refractivity contribution is 5.99. The average molecular weight is 442 g/mol. The van der Waals surface area contributed by atoms with Crippen molar-refractivity contribution in [3.63, 3.8) is 0 Å². The predicted octanol–water partition coefficient (Wildman–Crippen LogP) is 6.85. The second-order valence-electron chi connectivity index (χ2n) is 8.22. The van der Waals surface area contributed by atoms with Gasteiger partial charge in [-0.15, -0.1) is 0 Å². The molecule has 33 heavy (non-hydrogen) atoms. The number of aromatic nitrogens is 2. The molecule has 0 saturated carbocycles. The third-order valence-electron chi connectivity index (χ3n) is 5.78. The van der Waals surface area contributed by atoms with Gasteiger partial charge < -0.3 is 10.3 Å². The Hall–Kier alpha value is -3.73. The molecule has 1 heterocycles. The molecule has 3 aromatic carbocycles. The molecular weight excluding hydrogens is 413 g/mol. The Morgan fingerprint density at radius 1 is 1.00 bits per heavy atom. The second kappa shape index (κ2) is 10.3. The van der Waals surface area contributed by atoms with Crippen LogP contribution in [0.1, 0.15) is 53.8 Å². The zero-order valence-electron chi connectivity index (χ0n) is 18.9. The van der Waals surface area contributed by atoms with Crippen molar-refractivity contribution in [2.45, 2.75) is 39.2 Å². The minimum absolute atomic E-state index is 0.121. The number of nitrogens with one attached hydrogen (secondary N) is 2. The van der Waals surface area contributed by atoms with Crippen molar-refractivity contribution in [1.82, 2.24) is 15.3 Å². The number of halogens is 1. The zero-order chi connectivity index (χ0) is 23.2. The van der Waals surface area contributed by atoms with Gasteiger partial charge in [0.2, 0.25) is 0 Å². The van der Waals surface area contributed by atoms with Gasteiger partial charge in [-0.25, -0.2) is 9.37 Å². The molecule has 0 aliphatic rings. The Kier molecular flexibility index (Phi) is 6.98. The SMILES string of the molecule is CCCCC(NC(=O)c1[nH]c(-c2ccccc2)nc1-c1ccc(C)c(F)c1)c1ccccc1. The van der Waals surface area contributed by atoms with Crippen molar-refractivity contribution < 1.29 is 9.18 Å². The third kappa shape index (κ3) is 5.20. The maximum absolute atomic E-state index is 14.4. The van der Waals surface area contributed by atoms with Crippen LogP contribution in [-0.4, -0.2) is 15.9 Å². The number of carbonyl (C=O) groups excluding carboxylic acids is 1. The highest BCUT2D eigenvalue weighted by Gasteiger charge is 2.23. The number of H-pyrrole nitrogens is 1. The van der Waals surface area contributed by atoms with E-state index in [-0.39, 0.29) is 17.8 Å². The first-order chi connectivity index (χ1) is 16.1. The summed E-state index contributed by atoms with van der Waals surface area (Å²) in [5, 5.41) is 3.18. The van der Waals surface area contributed by atoms with E-state index in [4.69, 9.17) is 4.98 Å². The molecule has 0 fully saturated rings. The van der Waals surface area contributed by atoms with Crippen LogP contribution in [0.5, 0.6) is 0 Å². The quantitative estimate of drug-likeness (QED) is 0.314. The number of aryl methyl sites for hydroxylation is 1. The lowest BCUT2D eigenvalue weighted by Crippen LogP contribution is -2.29. The smallest absolute Gasteiger partial charge is 0.270 e. The van der Waals surface area contributed by atoms with Crippen molar-refractivity contribution in [1.29, 1.82) is 0 Å². The van der Waals surface area contributed by atoms with Crippen LogP contribution in [0.3, 0.4) is 0 Å². The van der Waals surface area contributed by atoms with Gasteiger partial charge in [0.05, 0.1) is 6.04 Å². The summed E-state index contributed by atoms with van der Waals surface area (Å²) in [5.41, 5.74) is 3.79. The molecule has 1 unspecified atom stereocenters. The molecule has 0 aliphatic carbocycles. The van der Waals surface area contributed by atoms with Crippen LogP contribution >= 0.6 is 0 Å². The molecule has 0 bridgehead atoms. The number of benzene rings is 3. The number of hydrogen-bond acceptors (Lipinski definition) is 2. The van der Waals surface area contributed by atoms with Crippen molar-refractivity contribution in [2.24, 2.45) is 0 Å². The van der Waals surface area contributed by atoms with Gasteiger partial charge in [-0.1, -0.05) is 92.6 Å². The molecule has 4 aromatic rings. The molecule has 2 N–H and O–H groups in total. The standard InChI is InChI=1S/C28H28FN3O/c1-3-4-15-24(20-11-7-5-8-12-20)30-28(33)26-25(22-17-16-19(2)23(29)18-22)31-27(32-26)21-13-9-6-10-14-21/h5-14,16-18,24H,3-4,15H2,1-2H3,(H,30,33)(H,31,32). The predicted molar refractivity (Wildman–Crippen MR) is 130 cm³/mol. The Balaban J connectivity index is 1.73. The summed E-state index contributed by atoms with van der Waals surface area (Å²) in [6.45, 7) is 3.85. The monoisotopic (exact) mass is 441 g/mol. The van der Waals surface area contributed by atoms with E-state index in [2.05, 4.69) is 17.2 Å². The van der Waals surface area contributed by atoms with Crippen molar-refractivity contribution >= 4 is 5.91 Å². The van der Waals surface area contributed by atoms with Crippen LogP contribution in [-0.2, 0) is 0 Å². The number of carbonyl (C=O) groups is 1. The first kappa shape index (κ1) is 22.5. The van der Waals surface area contributed by atoms with Crippen LogP contribution in [0.25, 0.3) is 22.6 Å². The zero-order valence-corrected chi connectivity index (χ0v) is 18.9. The molecule has 1 atom stereocenters. The summed E-state index contributed by atoms with van der Waals surface area (Å²) in [7, 11) is 0. The van der Waals surface area contributed by atoms with Crippen LogP contribution in [0.2, 0.25) is 0 Å². The average Bonchev–Trinajstić information content (AvgIpc) is 3.30. The minimum Gasteiger partial charge on any atom is -0.344 e. The fourth-order valence-electron chi connectivity index (χ4n) is 3.87. The topological polar surface area (TPSA) is 57.8 Å². The molecule has 5 heteroatoms. The lowest BCUT2D eigenvalue weighted by Gasteiger charge is -2.19. The number of unbranched alkanes of at least 4 members (excludes halogenated alkanes) is 1. The van der Waals surface area contributed by atoms with Crippen LogP contribution in [0.4, 0.5) is 4.39 Å². The van der Waals surface area contributed by atoms with Gasteiger partial charge in [0, 0.05) is 11.1 Å². The highest BCUT2D eigenvalue weighted by atomic mass is 19.1. The lowest BCUT2D eigenvalue weighted by molar-refractivity contribution is 0.0930.